The molecule has 0 saturated heterocycles. The number of allylic oxidation sites excluding steroid dienone is 5. The fourth-order valence-electron chi connectivity index (χ4n) is 1.57. The first-order valence-corrected chi connectivity index (χ1v) is 5.25. The van der Waals surface area contributed by atoms with Gasteiger partial charge in [-0.3, -0.25) is 4.79 Å². The Kier molecular flexibility index (Phi) is 3.10. The van der Waals surface area contributed by atoms with Gasteiger partial charge in [0.15, 0.2) is 5.78 Å². The molecule has 1 aromatic rings. The van der Waals surface area contributed by atoms with Crippen molar-refractivity contribution in [3.8, 4) is 5.75 Å². The highest BCUT2D eigenvalue weighted by molar-refractivity contribution is 5.94. The average molecular weight is 228 g/mol. The van der Waals surface area contributed by atoms with Gasteiger partial charge in [0.2, 0.25) is 0 Å². The highest BCUT2D eigenvalue weighted by Crippen LogP contribution is 2.16. The summed E-state index contributed by atoms with van der Waals surface area (Å²) in [6, 6.07) is 6.71. The Balaban J connectivity index is 2.16. The van der Waals surface area contributed by atoms with Crippen LogP contribution in [0.5, 0.6) is 5.75 Å². The molecule has 0 saturated carbocycles. The molecule has 1 aromatic carbocycles. The fourth-order valence-corrected chi connectivity index (χ4v) is 1.57. The molecule has 0 atom stereocenters. The third-order valence-corrected chi connectivity index (χ3v) is 2.38. The molecule has 0 unspecified atom stereocenters. The summed E-state index contributed by atoms with van der Waals surface area (Å²) in [6.07, 6.45) is 6.71. The quantitative estimate of drug-likeness (QED) is 0.818. The van der Waals surface area contributed by atoms with Gasteiger partial charge in [0.25, 0.3) is 0 Å². The monoisotopic (exact) mass is 228 g/mol. The summed E-state index contributed by atoms with van der Waals surface area (Å²) < 4.78 is 0. The molecule has 86 valence electrons. The second-order valence-electron chi connectivity index (χ2n) is 3.85. The van der Waals surface area contributed by atoms with Gasteiger partial charge < -0.3 is 10.2 Å². The zero-order valence-electron chi connectivity index (χ0n) is 9.13. The summed E-state index contributed by atoms with van der Waals surface area (Å²) in [7, 11) is 0. The van der Waals surface area contributed by atoms with Gasteiger partial charge in [0.1, 0.15) is 11.5 Å². The van der Waals surface area contributed by atoms with E-state index < -0.39 is 0 Å². The van der Waals surface area contributed by atoms with Crippen LogP contribution >= 0.6 is 0 Å². The van der Waals surface area contributed by atoms with Crippen molar-refractivity contribution in [1.29, 1.82) is 0 Å². The van der Waals surface area contributed by atoms with Gasteiger partial charge in [-0.25, -0.2) is 0 Å². The third-order valence-electron chi connectivity index (χ3n) is 2.38. The first-order valence-electron chi connectivity index (χ1n) is 5.25. The van der Waals surface area contributed by atoms with Crippen LogP contribution in [0.1, 0.15) is 12.0 Å². The molecule has 0 bridgehead atoms. The van der Waals surface area contributed by atoms with Crippen molar-refractivity contribution in [3.63, 3.8) is 0 Å². The number of aromatic hydroxyl groups is 1. The molecule has 0 fully saturated rings. The van der Waals surface area contributed by atoms with Gasteiger partial charge in [-0.05, 0) is 35.4 Å². The molecule has 3 nitrogen and oxygen atoms in total. The maximum atomic E-state index is 11.2. The van der Waals surface area contributed by atoms with E-state index in [1.54, 1.807) is 36.4 Å². The molecule has 17 heavy (non-hydrogen) atoms. The number of rotatable bonds is 2. The molecule has 2 rings (SSSR count). The largest absolute Gasteiger partial charge is 0.512 e. The standard InChI is InChI=1S/C14H12O3/c15-12-5-3-10(4-6-12)1-2-11-7-13(16)9-14(17)8-11/h1-8,15-16H,9H2/b2-1+. The lowest BCUT2D eigenvalue weighted by molar-refractivity contribution is -0.114. The number of carbonyl (C=O) groups is 1. The lowest BCUT2D eigenvalue weighted by Crippen LogP contribution is -2.01. The molecule has 2 N–H and O–H groups in total. The van der Waals surface area contributed by atoms with Crippen LogP contribution in [0.2, 0.25) is 0 Å². The predicted molar refractivity (Wildman–Crippen MR) is 65.6 cm³/mol. The zero-order valence-corrected chi connectivity index (χ0v) is 9.13. The Hall–Kier alpha value is -2.29. The minimum absolute atomic E-state index is 0.0799. The number of aliphatic hydroxyl groups is 1. The molecule has 1 aliphatic carbocycles. The molecule has 1 aliphatic rings. The maximum Gasteiger partial charge on any atom is 0.163 e. The van der Waals surface area contributed by atoms with Gasteiger partial charge >= 0.3 is 0 Å². The number of phenols is 1. The minimum Gasteiger partial charge on any atom is -0.512 e. The number of phenolic OH excluding ortho intramolecular Hbond substituents is 1. The summed E-state index contributed by atoms with van der Waals surface area (Å²) in [6.45, 7) is 0. The van der Waals surface area contributed by atoms with Crippen LogP contribution < -0.4 is 0 Å². The van der Waals surface area contributed by atoms with Crippen molar-refractivity contribution in [2.24, 2.45) is 0 Å². The SMILES string of the molecule is O=C1C=C(/C=C/c2ccc(O)cc2)C=C(O)C1. The van der Waals surface area contributed by atoms with Crippen molar-refractivity contribution in [2.75, 3.05) is 0 Å². The number of aliphatic hydroxyl groups excluding tert-OH is 1. The van der Waals surface area contributed by atoms with Crippen molar-refractivity contribution in [1.82, 2.24) is 0 Å². The van der Waals surface area contributed by atoms with Crippen molar-refractivity contribution < 1.29 is 15.0 Å². The summed E-state index contributed by atoms with van der Waals surface area (Å²) in [4.78, 5) is 11.2. The van der Waals surface area contributed by atoms with Crippen LogP contribution in [0.4, 0.5) is 0 Å². The van der Waals surface area contributed by atoms with E-state index in [-0.39, 0.29) is 23.7 Å². The van der Waals surface area contributed by atoms with E-state index in [1.165, 1.54) is 6.08 Å². The Morgan fingerprint density at radius 3 is 2.35 bits per heavy atom. The molecule has 0 spiro atoms. The fraction of sp³-hybridized carbons (Fsp3) is 0.0714. The van der Waals surface area contributed by atoms with Crippen LogP contribution in [0.25, 0.3) is 6.08 Å². The van der Waals surface area contributed by atoms with Gasteiger partial charge in [-0.1, -0.05) is 24.3 Å². The normalized spacial score (nSPS) is 15.9. The third kappa shape index (κ3) is 3.08. The van der Waals surface area contributed by atoms with E-state index in [4.69, 9.17) is 5.11 Å². The van der Waals surface area contributed by atoms with Crippen molar-refractivity contribution in [2.45, 2.75) is 6.42 Å². The number of ketones is 1. The van der Waals surface area contributed by atoms with E-state index in [9.17, 15) is 9.90 Å². The van der Waals surface area contributed by atoms with Crippen molar-refractivity contribution in [3.05, 3.63) is 59.4 Å². The van der Waals surface area contributed by atoms with E-state index in [2.05, 4.69) is 0 Å². The second kappa shape index (κ2) is 4.70. The molecule has 0 aliphatic heterocycles. The van der Waals surface area contributed by atoms with Gasteiger partial charge in [0.05, 0.1) is 6.42 Å². The Morgan fingerprint density at radius 2 is 1.71 bits per heavy atom. The number of benzene rings is 1. The smallest absolute Gasteiger partial charge is 0.163 e. The van der Waals surface area contributed by atoms with E-state index >= 15 is 0 Å². The average Bonchev–Trinajstić information content (AvgIpc) is 2.27. The lowest BCUT2D eigenvalue weighted by Gasteiger charge is -2.04. The highest BCUT2D eigenvalue weighted by atomic mass is 16.3. The topological polar surface area (TPSA) is 57.5 Å². The summed E-state index contributed by atoms with van der Waals surface area (Å²) in [5.74, 6) is 0.199. The van der Waals surface area contributed by atoms with E-state index in [0.717, 1.165) is 5.56 Å². The van der Waals surface area contributed by atoms with Crippen LogP contribution in [0, 0.1) is 0 Å². The van der Waals surface area contributed by atoms with Crippen LogP contribution in [0.3, 0.4) is 0 Å². The summed E-state index contributed by atoms with van der Waals surface area (Å²) in [5, 5.41) is 18.4. The van der Waals surface area contributed by atoms with Gasteiger partial charge in [-0.15, -0.1) is 0 Å². The van der Waals surface area contributed by atoms with Crippen molar-refractivity contribution >= 4 is 11.9 Å². The molecule has 0 heterocycles. The first kappa shape index (κ1) is 11.2. The number of carbonyl (C=O) groups excluding carboxylic acids is 1. The molecule has 0 radical (unpaired) electrons. The number of hydrogen-bond donors (Lipinski definition) is 2. The summed E-state index contributed by atoms with van der Waals surface area (Å²) in [5.41, 5.74) is 1.58. The maximum absolute atomic E-state index is 11.2. The van der Waals surface area contributed by atoms with Gasteiger partial charge in [-0.2, -0.15) is 0 Å². The van der Waals surface area contributed by atoms with Gasteiger partial charge in [0, 0.05) is 0 Å². The van der Waals surface area contributed by atoms with Crippen LogP contribution in [0.15, 0.2) is 53.8 Å². The highest BCUT2D eigenvalue weighted by Gasteiger charge is 2.08. The zero-order chi connectivity index (χ0) is 12.3. The minimum atomic E-state index is -0.102. The molecule has 0 amide bonds. The van der Waals surface area contributed by atoms with E-state index in [0.29, 0.717) is 5.57 Å². The molecular formula is C14H12O3. The second-order valence-corrected chi connectivity index (χ2v) is 3.85. The Bertz CT molecular complexity index is 519. The number of hydrogen-bond acceptors (Lipinski definition) is 3. The molecule has 3 heteroatoms. The predicted octanol–water partition coefficient (Wildman–Crippen LogP) is 2.75. The van der Waals surface area contributed by atoms with Crippen LogP contribution in [-0.4, -0.2) is 16.0 Å². The molecular weight excluding hydrogens is 216 g/mol. The lowest BCUT2D eigenvalue weighted by atomic mass is 10.0. The first-order chi connectivity index (χ1) is 8.13. The molecule has 0 aromatic heterocycles. The van der Waals surface area contributed by atoms with Crippen LogP contribution in [-0.2, 0) is 4.79 Å². The van der Waals surface area contributed by atoms with E-state index in [1.807, 2.05) is 6.08 Å². The Labute approximate surface area is 99.0 Å². The summed E-state index contributed by atoms with van der Waals surface area (Å²) >= 11 is 0. The Morgan fingerprint density at radius 1 is 1.00 bits per heavy atom.